The monoisotopic (exact) mass is 355 g/mol. The van der Waals surface area contributed by atoms with E-state index in [9.17, 15) is 19.1 Å². The van der Waals surface area contributed by atoms with E-state index in [0.717, 1.165) is 18.4 Å². The second-order valence-corrected chi connectivity index (χ2v) is 6.68. The fraction of sp³-hybridized carbons (Fsp3) is 0.333. The first kappa shape index (κ1) is 18.1. The lowest BCUT2D eigenvalue weighted by atomic mass is 10.0. The predicted octanol–water partition coefficient (Wildman–Crippen LogP) is 3.69. The van der Waals surface area contributed by atoms with Crippen molar-refractivity contribution < 1.29 is 19.1 Å². The molecule has 2 aromatic rings. The van der Waals surface area contributed by atoms with Gasteiger partial charge in [-0.2, -0.15) is 0 Å². The van der Waals surface area contributed by atoms with E-state index in [4.69, 9.17) is 0 Å². The lowest BCUT2D eigenvalue weighted by molar-refractivity contribution is -0.131. The van der Waals surface area contributed by atoms with E-state index in [0.29, 0.717) is 24.9 Å². The minimum absolute atomic E-state index is 0.0316. The van der Waals surface area contributed by atoms with Crippen molar-refractivity contribution in [2.75, 3.05) is 6.54 Å². The van der Waals surface area contributed by atoms with Crippen molar-refractivity contribution in [1.29, 1.82) is 0 Å². The van der Waals surface area contributed by atoms with Crippen molar-refractivity contribution in [3.05, 3.63) is 71.0 Å². The molecule has 0 saturated carbocycles. The van der Waals surface area contributed by atoms with Crippen molar-refractivity contribution in [3.8, 4) is 0 Å². The molecule has 1 N–H and O–H groups in total. The first-order chi connectivity index (χ1) is 12.5. The average molecular weight is 355 g/mol. The number of carboxylic acid groups (broad SMARTS) is 1. The normalized spacial score (nSPS) is 16.7. The predicted molar refractivity (Wildman–Crippen MR) is 96.6 cm³/mol. The van der Waals surface area contributed by atoms with Crippen LogP contribution in [0.15, 0.2) is 48.5 Å². The van der Waals surface area contributed by atoms with E-state index in [1.807, 2.05) is 11.0 Å². The molecule has 5 heteroatoms. The van der Waals surface area contributed by atoms with Gasteiger partial charge in [0.05, 0.1) is 5.56 Å². The number of hydrogen-bond donors (Lipinski definition) is 1. The van der Waals surface area contributed by atoms with Crippen LogP contribution in [0.25, 0.3) is 0 Å². The first-order valence-electron chi connectivity index (χ1n) is 8.89. The van der Waals surface area contributed by atoms with Crippen LogP contribution in [0.4, 0.5) is 4.39 Å². The van der Waals surface area contributed by atoms with Gasteiger partial charge in [-0.15, -0.1) is 0 Å². The number of amides is 1. The van der Waals surface area contributed by atoms with Crippen molar-refractivity contribution in [2.24, 2.45) is 0 Å². The Morgan fingerprint density at radius 1 is 1.15 bits per heavy atom. The Morgan fingerprint density at radius 3 is 2.73 bits per heavy atom. The van der Waals surface area contributed by atoms with Crippen LogP contribution in [-0.4, -0.2) is 34.5 Å². The largest absolute Gasteiger partial charge is 0.478 e. The lowest BCUT2D eigenvalue weighted by Gasteiger charge is -2.25. The van der Waals surface area contributed by atoms with Crippen LogP contribution < -0.4 is 0 Å². The van der Waals surface area contributed by atoms with Gasteiger partial charge in [0.25, 0.3) is 0 Å². The average Bonchev–Trinajstić information content (AvgIpc) is 3.08. The summed E-state index contributed by atoms with van der Waals surface area (Å²) < 4.78 is 13.4. The van der Waals surface area contributed by atoms with Crippen LogP contribution in [0.2, 0.25) is 0 Å². The standard InChI is InChI=1S/C21H22FNO3/c22-17-7-3-5-15(13-17)14-18-8-4-12-23(18)20(24)11-10-16-6-1-2-9-19(16)21(25)26/h1-3,5-7,9,13,18H,4,8,10-12,14H2,(H,25,26). The van der Waals surface area contributed by atoms with Gasteiger partial charge in [-0.05, 0) is 55.0 Å². The van der Waals surface area contributed by atoms with Gasteiger partial charge >= 0.3 is 5.97 Å². The number of aromatic carboxylic acids is 1. The van der Waals surface area contributed by atoms with Gasteiger partial charge in [0.2, 0.25) is 5.91 Å². The van der Waals surface area contributed by atoms with Gasteiger partial charge in [0, 0.05) is 19.0 Å². The van der Waals surface area contributed by atoms with Crippen LogP contribution in [0.1, 0.15) is 40.7 Å². The van der Waals surface area contributed by atoms with E-state index in [1.54, 1.807) is 30.3 Å². The summed E-state index contributed by atoms with van der Waals surface area (Å²) in [7, 11) is 0. The Morgan fingerprint density at radius 2 is 1.96 bits per heavy atom. The minimum atomic E-state index is -0.974. The molecule has 1 amide bonds. The number of likely N-dealkylation sites (tertiary alicyclic amines) is 1. The van der Waals surface area contributed by atoms with Gasteiger partial charge in [0.15, 0.2) is 0 Å². The van der Waals surface area contributed by atoms with Crippen LogP contribution >= 0.6 is 0 Å². The molecule has 1 aliphatic heterocycles. The Balaban J connectivity index is 1.63. The molecule has 2 aromatic carbocycles. The van der Waals surface area contributed by atoms with Gasteiger partial charge in [0.1, 0.15) is 5.82 Å². The Bertz CT molecular complexity index is 805. The summed E-state index contributed by atoms with van der Waals surface area (Å²) in [6, 6.07) is 13.4. The number of hydrogen-bond acceptors (Lipinski definition) is 2. The molecule has 0 spiro atoms. The molecular weight excluding hydrogens is 333 g/mol. The smallest absolute Gasteiger partial charge is 0.335 e. The molecule has 1 saturated heterocycles. The molecule has 1 heterocycles. The molecule has 0 radical (unpaired) electrons. The summed E-state index contributed by atoms with van der Waals surface area (Å²) in [4.78, 5) is 25.8. The molecule has 1 unspecified atom stereocenters. The third-order valence-corrected chi connectivity index (χ3v) is 4.91. The zero-order chi connectivity index (χ0) is 18.5. The molecule has 1 fully saturated rings. The van der Waals surface area contributed by atoms with Crippen molar-refractivity contribution in [1.82, 2.24) is 4.90 Å². The first-order valence-corrected chi connectivity index (χ1v) is 8.89. The number of carbonyl (C=O) groups excluding carboxylic acids is 1. The lowest BCUT2D eigenvalue weighted by Crippen LogP contribution is -2.37. The Kier molecular flexibility index (Phi) is 5.66. The van der Waals surface area contributed by atoms with E-state index >= 15 is 0 Å². The van der Waals surface area contributed by atoms with E-state index < -0.39 is 5.97 Å². The Labute approximate surface area is 152 Å². The third-order valence-electron chi connectivity index (χ3n) is 4.91. The molecule has 0 aromatic heterocycles. The van der Waals surface area contributed by atoms with Gasteiger partial charge in [-0.3, -0.25) is 4.79 Å². The highest BCUT2D eigenvalue weighted by molar-refractivity contribution is 5.89. The van der Waals surface area contributed by atoms with Crippen molar-refractivity contribution in [2.45, 2.75) is 38.1 Å². The zero-order valence-corrected chi connectivity index (χ0v) is 14.5. The summed E-state index contributed by atoms with van der Waals surface area (Å²) in [6.45, 7) is 0.708. The van der Waals surface area contributed by atoms with Crippen LogP contribution in [0.5, 0.6) is 0 Å². The molecule has 3 rings (SSSR count). The van der Waals surface area contributed by atoms with Gasteiger partial charge < -0.3 is 10.0 Å². The summed E-state index contributed by atoms with van der Waals surface area (Å²) >= 11 is 0. The maximum atomic E-state index is 13.4. The summed E-state index contributed by atoms with van der Waals surface area (Å²) in [6.07, 6.45) is 3.19. The third kappa shape index (κ3) is 4.28. The number of aryl methyl sites for hydroxylation is 1. The SMILES string of the molecule is O=C(O)c1ccccc1CCC(=O)N1CCCC1Cc1cccc(F)c1. The number of carbonyl (C=O) groups is 2. The molecule has 0 aliphatic carbocycles. The molecule has 4 nitrogen and oxygen atoms in total. The molecule has 136 valence electrons. The van der Waals surface area contributed by atoms with E-state index in [2.05, 4.69) is 0 Å². The van der Waals surface area contributed by atoms with Gasteiger partial charge in [-0.1, -0.05) is 30.3 Å². The van der Waals surface area contributed by atoms with Crippen LogP contribution in [-0.2, 0) is 17.6 Å². The minimum Gasteiger partial charge on any atom is -0.478 e. The second-order valence-electron chi connectivity index (χ2n) is 6.68. The second kappa shape index (κ2) is 8.13. The molecule has 1 atom stereocenters. The molecule has 26 heavy (non-hydrogen) atoms. The zero-order valence-electron chi connectivity index (χ0n) is 14.5. The fourth-order valence-electron chi connectivity index (χ4n) is 3.64. The molecule has 1 aliphatic rings. The number of rotatable bonds is 6. The highest BCUT2D eigenvalue weighted by Gasteiger charge is 2.28. The number of halogens is 1. The highest BCUT2D eigenvalue weighted by Crippen LogP contribution is 2.23. The van der Waals surface area contributed by atoms with Crippen molar-refractivity contribution >= 4 is 11.9 Å². The highest BCUT2D eigenvalue weighted by atomic mass is 19.1. The maximum absolute atomic E-state index is 13.4. The topological polar surface area (TPSA) is 57.6 Å². The number of benzene rings is 2. The summed E-state index contributed by atoms with van der Waals surface area (Å²) in [5.41, 5.74) is 1.82. The quantitative estimate of drug-likeness (QED) is 0.860. The summed E-state index contributed by atoms with van der Waals surface area (Å²) in [5, 5.41) is 9.25. The van der Waals surface area contributed by atoms with E-state index in [1.165, 1.54) is 12.1 Å². The van der Waals surface area contributed by atoms with Crippen LogP contribution in [0.3, 0.4) is 0 Å². The number of nitrogens with zero attached hydrogens (tertiary/aromatic N) is 1. The fourth-order valence-corrected chi connectivity index (χ4v) is 3.64. The van der Waals surface area contributed by atoms with Gasteiger partial charge in [-0.25, -0.2) is 9.18 Å². The van der Waals surface area contributed by atoms with E-state index in [-0.39, 0.29) is 29.8 Å². The maximum Gasteiger partial charge on any atom is 0.335 e. The molecular formula is C21H22FNO3. The molecule has 0 bridgehead atoms. The Hall–Kier alpha value is -2.69. The number of carboxylic acids is 1. The van der Waals surface area contributed by atoms with Crippen molar-refractivity contribution in [3.63, 3.8) is 0 Å². The van der Waals surface area contributed by atoms with Crippen LogP contribution in [0, 0.1) is 5.82 Å². The summed E-state index contributed by atoms with van der Waals surface area (Å²) in [5.74, 6) is -1.20.